The van der Waals surface area contributed by atoms with Crippen LogP contribution in [0.3, 0.4) is 0 Å². The van der Waals surface area contributed by atoms with E-state index in [4.69, 9.17) is 4.98 Å². The molecule has 3 aromatic rings. The van der Waals surface area contributed by atoms with Crippen molar-refractivity contribution in [3.63, 3.8) is 0 Å². The smallest absolute Gasteiger partial charge is 0.253 e. The SMILES string of the molecule is CN(C[C@H]1Cc2c(cccc2N2CCN(C(=O)c3ccccc3)CC2)CN1)[C@H]1CCCc2cccnc21. The highest BCUT2D eigenvalue weighted by Crippen LogP contribution is 2.33. The van der Waals surface area contributed by atoms with Crippen molar-refractivity contribution in [2.24, 2.45) is 0 Å². The quantitative estimate of drug-likeness (QED) is 0.578. The van der Waals surface area contributed by atoms with E-state index in [1.807, 2.05) is 41.4 Å². The Kier molecular flexibility index (Phi) is 6.94. The molecule has 0 saturated carbocycles. The standard InChI is InChI=1S/C31H37N5O/c1-34(29-14-5-10-23-12-7-15-32-30(23)29)22-26-20-27-25(21-33-26)11-6-13-28(27)35-16-18-36(19-17-35)31(37)24-8-3-2-4-9-24/h2-4,6-9,11-13,15,26,29,33H,5,10,14,16-22H2,1H3/t26-,29+/m1/s1. The van der Waals surface area contributed by atoms with Gasteiger partial charge in [0.25, 0.3) is 5.91 Å². The topological polar surface area (TPSA) is 51.7 Å². The van der Waals surface area contributed by atoms with Crippen LogP contribution in [-0.2, 0) is 19.4 Å². The van der Waals surface area contributed by atoms with Gasteiger partial charge in [-0.25, -0.2) is 0 Å². The van der Waals surface area contributed by atoms with Gasteiger partial charge in [-0.1, -0.05) is 36.4 Å². The van der Waals surface area contributed by atoms with Crippen molar-refractivity contribution >= 4 is 11.6 Å². The molecule has 2 aliphatic heterocycles. The summed E-state index contributed by atoms with van der Waals surface area (Å²) < 4.78 is 0. The molecular formula is C31H37N5O. The van der Waals surface area contributed by atoms with Crippen molar-refractivity contribution < 1.29 is 4.79 Å². The third-order valence-corrected chi connectivity index (χ3v) is 8.41. The van der Waals surface area contributed by atoms with Gasteiger partial charge in [0.1, 0.15) is 0 Å². The van der Waals surface area contributed by atoms with E-state index in [1.54, 1.807) is 0 Å². The number of aromatic nitrogens is 1. The Bertz CT molecular complexity index is 1240. The number of fused-ring (bicyclic) bond motifs is 2. The van der Waals surface area contributed by atoms with Gasteiger partial charge in [-0.05, 0) is 73.7 Å². The van der Waals surface area contributed by atoms with Crippen LogP contribution in [0.1, 0.15) is 51.6 Å². The first-order valence-corrected chi connectivity index (χ1v) is 13.7. The van der Waals surface area contributed by atoms with Gasteiger partial charge in [-0.15, -0.1) is 0 Å². The van der Waals surface area contributed by atoms with Crippen LogP contribution >= 0.6 is 0 Å². The lowest BCUT2D eigenvalue weighted by Crippen LogP contribution is -2.50. The maximum atomic E-state index is 12.9. The van der Waals surface area contributed by atoms with Crippen LogP contribution < -0.4 is 10.2 Å². The van der Waals surface area contributed by atoms with Crippen LogP contribution in [0, 0.1) is 0 Å². The van der Waals surface area contributed by atoms with E-state index < -0.39 is 0 Å². The van der Waals surface area contributed by atoms with Crippen LogP contribution in [0.5, 0.6) is 0 Å². The lowest BCUT2D eigenvalue weighted by Gasteiger charge is -2.40. The van der Waals surface area contributed by atoms with Gasteiger partial charge < -0.3 is 15.1 Å². The Hall–Kier alpha value is -3.22. The predicted octanol–water partition coefficient (Wildman–Crippen LogP) is 4.07. The third kappa shape index (κ3) is 5.00. The molecule has 2 aromatic carbocycles. The summed E-state index contributed by atoms with van der Waals surface area (Å²) in [4.78, 5) is 24.7. The number of nitrogens with one attached hydrogen (secondary N) is 1. The van der Waals surface area contributed by atoms with Crippen molar-refractivity contribution in [1.82, 2.24) is 20.1 Å². The normalized spacial score (nSPS) is 21.5. The minimum Gasteiger partial charge on any atom is -0.368 e. The van der Waals surface area contributed by atoms with Crippen molar-refractivity contribution in [3.8, 4) is 0 Å². The second kappa shape index (κ2) is 10.6. The highest BCUT2D eigenvalue weighted by atomic mass is 16.2. The van der Waals surface area contributed by atoms with Crippen LogP contribution in [0.15, 0.2) is 66.9 Å². The van der Waals surface area contributed by atoms with Gasteiger partial charge in [0.05, 0.1) is 11.7 Å². The molecule has 1 aromatic heterocycles. The van der Waals surface area contributed by atoms with E-state index in [1.165, 1.54) is 40.9 Å². The van der Waals surface area contributed by atoms with Gasteiger partial charge in [0, 0.05) is 62.8 Å². The number of rotatable bonds is 5. The van der Waals surface area contributed by atoms with Crippen molar-refractivity contribution in [1.29, 1.82) is 0 Å². The summed E-state index contributed by atoms with van der Waals surface area (Å²) in [7, 11) is 2.26. The average Bonchev–Trinajstić information content (AvgIpc) is 2.96. The summed E-state index contributed by atoms with van der Waals surface area (Å²) in [5.74, 6) is 0.140. The molecule has 6 heteroatoms. The van der Waals surface area contributed by atoms with Gasteiger partial charge in [0.2, 0.25) is 0 Å². The first-order chi connectivity index (χ1) is 18.2. The molecule has 1 aliphatic carbocycles. The molecule has 3 heterocycles. The predicted molar refractivity (Wildman–Crippen MR) is 148 cm³/mol. The number of aryl methyl sites for hydroxylation is 1. The monoisotopic (exact) mass is 495 g/mol. The first kappa shape index (κ1) is 24.1. The fourth-order valence-electron chi connectivity index (χ4n) is 6.42. The Morgan fingerprint density at radius 1 is 1.00 bits per heavy atom. The van der Waals surface area contributed by atoms with Crippen molar-refractivity contribution in [2.75, 3.05) is 44.7 Å². The summed E-state index contributed by atoms with van der Waals surface area (Å²) in [6, 6.07) is 21.5. The molecule has 6 nitrogen and oxygen atoms in total. The molecule has 0 radical (unpaired) electrons. The van der Waals surface area contributed by atoms with E-state index in [0.717, 1.165) is 57.7 Å². The number of anilines is 1. The molecule has 192 valence electrons. The van der Waals surface area contributed by atoms with E-state index >= 15 is 0 Å². The van der Waals surface area contributed by atoms with Crippen LogP contribution in [-0.4, -0.2) is 66.5 Å². The van der Waals surface area contributed by atoms with Gasteiger partial charge in [-0.3, -0.25) is 14.7 Å². The molecule has 3 aliphatic rings. The van der Waals surface area contributed by atoms with Gasteiger partial charge in [0.15, 0.2) is 0 Å². The summed E-state index contributed by atoms with van der Waals surface area (Å²) in [6.07, 6.45) is 6.54. The maximum Gasteiger partial charge on any atom is 0.253 e. The first-order valence-electron chi connectivity index (χ1n) is 13.7. The zero-order valence-electron chi connectivity index (χ0n) is 21.8. The number of piperazine rings is 1. The summed E-state index contributed by atoms with van der Waals surface area (Å²) in [5, 5.41) is 3.81. The number of nitrogens with zero attached hydrogens (tertiary/aromatic N) is 4. The summed E-state index contributed by atoms with van der Waals surface area (Å²) >= 11 is 0. The van der Waals surface area contributed by atoms with E-state index in [-0.39, 0.29) is 5.91 Å². The Morgan fingerprint density at radius 2 is 1.81 bits per heavy atom. The lowest BCUT2D eigenvalue weighted by atomic mass is 9.89. The molecule has 0 unspecified atom stereocenters. The van der Waals surface area contributed by atoms with Gasteiger partial charge >= 0.3 is 0 Å². The number of likely N-dealkylation sites (N-methyl/N-ethyl adjacent to an activating group) is 1. The Balaban J connectivity index is 1.12. The number of carbonyl (C=O) groups is 1. The van der Waals surface area contributed by atoms with Crippen LogP contribution in [0.4, 0.5) is 5.69 Å². The number of carbonyl (C=O) groups excluding carboxylic acids is 1. The highest BCUT2D eigenvalue weighted by molar-refractivity contribution is 5.94. The fourth-order valence-corrected chi connectivity index (χ4v) is 6.42. The fraction of sp³-hybridized carbons (Fsp3) is 0.419. The number of pyridine rings is 1. The van der Waals surface area contributed by atoms with E-state index in [0.29, 0.717) is 12.1 Å². The minimum atomic E-state index is 0.140. The van der Waals surface area contributed by atoms with Crippen LogP contribution in [0.2, 0.25) is 0 Å². The molecule has 37 heavy (non-hydrogen) atoms. The second-order valence-corrected chi connectivity index (χ2v) is 10.7. The molecule has 1 amide bonds. The molecule has 1 saturated heterocycles. The average molecular weight is 496 g/mol. The number of hydrogen-bond acceptors (Lipinski definition) is 5. The molecule has 1 N–H and O–H groups in total. The Morgan fingerprint density at radius 3 is 2.65 bits per heavy atom. The zero-order valence-corrected chi connectivity index (χ0v) is 21.8. The molecule has 0 spiro atoms. The minimum absolute atomic E-state index is 0.140. The number of amides is 1. The molecule has 0 bridgehead atoms. The highest BCUT2D eigenvalue weighted by Gasteiger charge is 2.30. The van der Waals surface area contributed by atoms with Crippen molar-refractivity contribution in [2.45, 2.75) is 44.3 Å². The second-order valence-electron chi connectivity index (χ2n) is 10.7. The molecule has 6 rings (SSSR count). The number of hydrogen-bond donors (Lipinski definition) is 1. The Labute approximate surface area is 220 Å². The maximum absolute atomic E-state index is 12.9. The molecular weight excluding hydrogens is 458 g/mol. The summed E-state index contributed by atoms with van der Waals surface area (Å²) in [5.41, 5.74) is 7.70. The van der Waals surface area contributed by atoms with Crippen molar-refractivity contribution in [3.05, 3.63) is 94.8 Å². The zero-order chi connectivity index (χ0) is 25.2. The molecule has 2 atom stereocenters. The van der Waals surface area contributed by atoms with Crippen LogP contribution in [0.25, 0.3) is 0 Å². The number of benzene rings is 2. The van der Waals surface area contributed by atoms with Gasteiger partial charge in [-0.2, -0.15) is 0 Å². The van der Waals surface area contributed by atoms with E-state index in [2.05, 4.69) is 52.5 Å². The summed E-state index contributed by atoms with van der Waals surface area (Å²) in [6.45, 7) is 5.18. The van der Waals surface area contributed by atoms with E-state index in [9.17, 15) is 4.79 Å². The lowest BCUT2D eigenvalue weighted by molar-refractivity contribution is 0.0746. The largest absolute Gasteiger partial charge is 0.368 e. The molecule has 1 fully saturated rings. The third-order valence-electron chi connectivity index (χ3n) is 8.41.